The van der Waals surface area contributed by atoms with E-state index in [4.69, 9.17) is 5.11 Å². The molecule has 1 atom stereocenters. The predicted octanol–water partition coefficient (Wildman–Crippen LogP) is 3.13. The Balaban J connectivity index is 1.91. The highest BCUT2D eigenvalue weighted by Gasteiger charge is 2.22. The van der Waals surface area contributed by atoms with E-state index in [0.717, 1.165) is 38.9 Å². The van der Waals surface area contributed by atoms with Crippen LogP contribution in [0.1, 0.15) is 30.4 Å². The standard InChI is InChI=1S/C17H25BrN2O2/c1-13-5-6-14(16(18)10-13)11-20-8-3-4-15(7-9-20)19(2)12-17(21)22/h5-6,10,15H,3-4,7-9,11-12H2,1-2H3,(H,21,22). The highest BCUT2D eigenvalue weighted by Crippen LogP contribution is 2.22. The van der Waals surface area contributed by atoms with Gasteiger partial charge in [-0.1, -0.05) is 28.1 Å². The van der Waals surface area contributed by atoms with Gasteiger partial charge in [-0.15, -0.1) is 0 Å². The zero-order valence-corrected chi connectivity index (χ0v) is 15.0. The molecule has 5 heteroatoms. The molecule has 1 aromatic rings. The SMILES string of the molecule is Cc1ccc(CN2CCCC(N(C)CC(=O)O)CC2)c(Br)c1. The molecule has 0 spiro atoms. The van der Waals surface area contributed by atoms with Gasteiger partial charge in [-0.25, -0.2) is 0 Å². The molecule has 0 saturated carbocycles. The average Bonchev–Trinajstić information content (AvgIpc) is 2.67. The number of carbonyl (C=O) groups is 1. The van der Waals surface area contributed by atoms with Crippen LogP contribution >= 0.6 is 15.9 Å². The summed E-state index contributed by atoms with van der Waals surface area (Å²) in [6.45, 7) is 5.29. The first-order valence-electron chi connectivity index (χ1n) is 7.85. The number of hydrogen-bond donors (Lipinski definition) is 1. The molecule has 0 aliphatic carbocycles. The summed E-state index contributed by atoms with van der Waals surface area (Å²) in [5, 5.41) is 8.93. The van der Waals surface area contributed by atoms with E-state index in [0.29, 0.717) is 6.04 Å². The first-order chi connectivity index (χ1) is 10.5. The van der Waals surface area contributed by atoms with E-state index in [9.17, 15) is 4.79 Å². The molecule has 4 nitrogen and oxygen atoms in total. The van der Waals surface area contributed by atoms with Gasteiger partial charge in [0.1, 0.15) is 0 Å². The van der Waals surface area contributed by atoms with E-state index in [2.05, 4.69) is 46.0 Å². The zero-order chi connectivity index (χ0) is 16.1. The number of benzene rings is 1. The molecule has 1 fully saturated rings. The van der Waals surface area contributed by atoms with E-state index in [1.54, 1.807) is 0 Å². The summed E-state index contributed by atoms with van der Waals surface area (Å²) >= 11 is 3.66. The average molecular weight is 369 g/mol. The minimum Gasteiger partial charge on any atom is -0.480 e. The number of carboxylic acids is 1. The summed E-state index contributed by atoms with van der Waals surface area (Å²) in [5.74, 6) is -0.743. The van der Waals surface area contributed by atoms with Gasteiger partial charge in [0.05, 0.1) is 6.54 Å². The topological polar surface area (TPSA) is 43.8 Å². The van der Waals surface area contributed by atoms with Crippen molar-refractivity contribution < 1.29 is 9.90 Å². The third kappa shape index (κ3) is 5.07. The first-order valence-corrected chi connectivity index (χ1v) is 8.64. The van der Waals surface area contributed by atoms with Crippen molar-refractivity contribution in [1.82, 2.24) is 9.80 Å². The molecule has 1 aromatic carbocycles. The molecule has 22 heavy (non-hydrogen) atoms. The van der Waals surface area contributed by atoms with E-state index >= 15 is 0 Å². The van der Waals surface area contributed by atoms with Gasteiger partial charge in [-0.05, 0) is 63.5 Å². The Kier molecular flexibility index (Phi) is 6.41. The third-order valence-corrected chi connectivity index (χ3v) is 5.14. The second-order valence-corrected chi connectivity index (χ2v) is 7.12. The lowest BCUT2D eigenvalue weighted by Crippen LogP contribution is -2.36. The Morgan fingerprint density at radius 2 is 2.18 bits per heavy atom. The Morgan fingerprint density at radius 3 is 2.86 bits per heavy atom. The van der Waals surface area contributed by atoms with Crippen LogP contribution in [0.2, 0.25) is 0 Å². The summed E-state index contributed by atoms with van der Waals surface area (Å²) in [6.07, 6.45) is 3.24. The lowest BCUT2D eigenvalue weighted by Gasteiger charge is -2.25. The largest absolute Gasteiger partial charge is 0.480 e. The summed E-state index contributed by atoms with van der Waals surface area (Å²) in [6, 6.07) is 6.89. The van der Waals surface area contributed by atoms with Crippen LogP contribution in [0, 0.1) is 6.92 Å². The summed E-state index contributed by atoms with van der Waals surface area (Å²) in [7, 11) is 1.92. The fraction of sp³-hybridized carbons (Fsp3) is 0.588. The maximum atomic E-state index is 10.9. The van der Waals surface area contributed by atoms with Crippen molar-refractivity contribution in [2.24, 2.45) is 0 Å². The summed E-state index contributed by atoms with van der Waals surface area (Å²) < 4.78 is 1.18. The molecule has 0 bridgehead atoms. The number of halogens is 1. The third-order valence-electron chi connectivity index (χ3n) is 4.40. The lowest BCUT2D eigenvalue weighted by molar-refractivity contribution is -0.138. The minimum atomic E-state index is -0.743. The maximum Gasteiger partial charge on any atom is 0.317 e. The van der Waals surface area contributed by atoms with Gasteiger partial charge in [0.25, 0.3) is 0 Å². The van der Waals surface area contributed by atoms with Crippen LogP contribution in [0.3, 0.4) is 0 Å². The van der Waals surface area contributed by atoms with E-state index < -0.39 is 5.97 Å². The smallest absolute Gasteiger partial charge is 0.317 e. The van der Waals surface area contributed by atoms with Gasteiger partial charge in [0.2, 0.25) is 0 Å². The van der Waals surface area contributed by atoms with Crippen LogP contribution in [-0.2, 0) is 11.3 Å². The van der Waals surface area contributed by atoms with Gasteiger partial charge >= 0.3 is 5.97 Å². The molecule has 2 rings (SSSR count). The van der Waals surface area contributed by atoms with Crippen molar-refractivity contribution in [3.8, 4) is 0 Å². The van der Waals surface area contributed by atoms with Crippen LogP contribution in [0.15, 0.2) is 22.7 Å². The zero-order valence-electron chi connectivity index (χ0n) is 13.4. The quantitative estimate of drug-likeness (QED) is 0.866. The predicted molar refractivity (Wildman–Crippen MR) is 92.1 cm³/mol. The van der Waals surface area contributed by atoms with Crippen LogP contribution in [-0.4, -0.2) is 53.6 Å². The van der Waals surface area contributed by atoms with Gasteiger partial charge < -0.3 is 5.11 Å². The Hall–Kier alpha value is -0.910. The minimum absolute atomic E-state index is 0.133. The highest BCUT2D eigenvalue weighted by molar-refractivity contribution is 9.10. The Bertz CT molecular complexity index is 521. The van der Waals surface area contributed by atoms with Crippen LogP contribution in [0.5, 0.6) is 0 Å². The normalized spacial score (nSPS) is 20.1. The van der Waals surface area contributed by atoms with Crippen LogP contribution < -0.4 is 0 Å². The second-order valence-electron chi connectivity index (χ2n) is 6.26. The van der Waals surface area contributed by atoms with E-state index in [1.165, 1.54) is 15.6 Å². The monoisotopic (exact) mass is 368 g/mol. The van der Waals surface area contributed by atoms with Gasteiger partial charge in [-0.3, -0.25) is 14.6 Å². The fourth-order valence-electron chi connectivity index (χ4n) is 3.10. The van der Waals surface area contributed by atoms with E-state index in [-0.39, 0.29) is 6.54 Å². The molecule has 122 valence electrons. The van der Waals surface area contributed by atoms with Crippen molar-refractivity contribution in [2.45, 2.75) is 38.8 Å². The van der Waals surface area contributed by atoms with Crippen molar-refractivity contribution in [2.75, 3.05) is 26.7 Å². The van der Waals surface area contributed by atoms with Gasteiger partial charge in [-0.2, -0.15) is 0 Å². The van der Waals surface area contributed by atoms with Gasteiger partial charge in [0.15, 0.2) is 0 Å². The molecular formula is C17H25BrN2O2. The van der Waals surface area contributed by atoms with Crippen molar-refractivity contribution in [3.05, 3.63) is 33.8 Å². The molecule has 1 aliphatic rings. The van der Waals surface area contributed by atoms with Crippen molar-refractivity contribution in [3.63, 3.8) is 0 Å². The number of aryl methyl sites for hydroxylation is 1. The molecule has 1 unspecified atom stereocenters. The van der Waals surface area contributed by atoms with Crippen LogP contribution in [0.25, 0.3) is 0 Å². The molecule has 0 radical (unpaired) electrons. The van der Waals surface area contributed by atoms with Crippen LogP contribution in [0.4, 0.5) is 0 Å². The molecule has 0 aromatic heterocycles. The number of carboxylic acid groups (broad SMARTS) is 1. The first kappa shape index (κ1) is 17.4. The molecule has 0 amide bonds. The molecule has 1 heterocycles. The Morgan fingerprint density at radius 1 is 1.41 bits per heavy atom. The molecule has 1 N–H and O–H groups in total. The second kappa shape index (κ2) is 8.09. The van der Waals surface area contributed by atoms with E-state index in [1.807, 2.05) is 11.9 Å². The number of nitrogens with zero attached hydrogens (tertiary/aromatic N) is 2. The highest BCUT2D eigenvalue weighted by atomic mass is 79.9. The summed E-state index contributed by atoms with van der Waals surface area (Å²) in [4.78, 5) is 15.3. The van der Waals surface area contributed by atoms with Gasteiger partial charge in [0, 0.05) is 17.1 Å². The summed E-state index contributed by atoms with van der Waals surface area (Å²) in [5.41, 5.74) is 2.59. The molecule has 1 aliphatic heterocycles. The number of likely N-dealkylation sites (tertiary alicyclic amines) is 1. The molecule has 1 saturated heterocycles. The fourth-order valence-corrected chi connectivity index (χ4v) is 3.72. The Labute approximate surface area is 141 Å². The lowest BCUT2D eigenvalue weighted by atomic mass is 10.1. The number of rotatable bonds is 5. The van der Waals surface area contributed by atoms with Crippen molar-refractivity contribution >= 4 is 21.9 Å². The maximum absolute atomic E-state index is 10.9. The number of hydrogen-bond acceptors (Lipinski definition) is 3. The number of aliphatic carboxylic acids is 1. The number of likely N-dealkylation sites (N-methyl/N-ethyl adjacent to an activating group) is 1. The van der Waals surface area contributed by atoms with Crippen molar-refractivity contribution in [1.29, 1.82) is 0 Å². The molecular weight excluding hydrogens is 344 g/mol.